The van der Waals surface area contributed by atoms with E-state index in [1.54, 1.807) is 19.4 Å². The Labute approximate surface area is 97.0 Å². The zero-order chi connectivity index (χ0) is 11.8. The van der Waals surface area contributed by atoms with Crippen LogP contribution in [0.2, 0.25) is 0 Å². The number of hydrogen-bond acceptors (Lipinski definition) is 4. The molecule has 0 atom stereocenters. The summed E-state index contributed by atoms with van der Waals surface area (Å²) >= 11 is 0. The minimum Gasteiger partial charge on any atom is -0.493 e. The molecule has 0 spiro atoms. The lowest BCUT2D eigenvalue weighted by molar-refractivity contribution is 0.302. The van der Waals surface area contributed by atoms with Crippen LogP contribution in [0.4, 0.5) is 0 Å². The van der Waals surface area contributed by atoms with Crippen molar-refractivity contribution in [2.45, 2.75) is 26.3 Å². The van der Waals surface area contributed by atoms with E-state index in [2.05, 4.69) is 24.1 Å². The van der Waals surface area contributed by atoms with Gasteiger partial charge in [0.05, 0.1) is 13.7 Å². The molecule has 90 valence electrons. The van der Waals surface area contributed by atoms with Gasteiger partial charge in [-0.3, -0.25) is 0 Å². The Bertz CT molecular complexity index is 303. The molecule has 0 unspecified atom stereocenters. The fourth-order valence-electron chi connectivity index (χ4n) is 1.25. The Kier molecular flexibility index (Phi) is 5.64. The maximum atomic E-state index is 5.57. The van der Waals surface area contributed by atoms with Gasteiger partial charge in [0, 0.05) is 18.3 Å². The number of ether oxygens (including phenoxy) is 2. The normalized spacial score (nSPS) is 10.5. The Hall–Kier alpha value is -1.29. The van der Waals surface area contributed by atoms with E-state index in [4.69, 9.17) is 9.47 Å². The van der Waals surface area contributed by atoms with E-state index in [0.29, 0.717) is 18.5 Å². The number of pyridine rings is 1. The van der Waals surface area contributed by atoms with Gasteiger partial charge in [0.1, 0.15) is 5.75 Å². The van der Waals surface area contributed by atoms with E-state index in [1.165, 1.54) is 0 Å². The molecule has 16 heavy (non-hydrogen) atoms. The number of nitrogens with one attached hydrogen (secondary N) is 1. The zero-order valence-corrected chi connectivity index (χ0v) is 10.2. The highest BCUT2D eigenvalue weighted by Gasteiger charge is 1.97. The quantitative estimate of drug-likeness (QED) is 0.718. The number of rotatable bonds is 7. The van der Waals surface area contributed by atoms with Crippen LogP contribution < -0.4 is 14.8 Å². The number of nitrogens with zero attached hydrogens (tertiary/aromatic N) is 1. The van der Waals surface area contributed by atoms with Gasteiger partial charge in [0.25, 0.3) is 0 Å². The van der Waals surface area contributed by atoms with Gasteiger partial charge in [-0.15, -0.1) is 0 Å². The zero-order valence-electron chi connectivity index (χ0n) is 10.2. The molecule has 0 aliphatic heterocycles. The summed E-state index contributed by atoms with van der Waals surface area (Å²) in [4.78, 5) is 4.01. The third kappa shape index (κ3) is 4.98. The van der Waals surface area contributed by atoms with Gasteiger partial charge < -0.3 is 14.8 Å². The molecule has 1 aromatic rings. The molecule has 0 amide bonds. The predicted octanol–water partition coefficient (Wildman–Crippen LogP) is 1.86. The van der Waals surface area contributed by atoms with Crippen LogP contribution >= 0.6 is 0 Å². The molecule has 4 heteroatoms. The van der Waals surface area contributed by atoms with E-state index in [9.17, 15) is 0 Å². The van der Waals surface area contributed by atoms with Gasteiger partial charge in [-0.2, -0.15) is 0 Å². The van der Waals surface area contributed by atoms with Crippen molar-refractivity contribution in [2.75, 3.05) is 20.3 Å². The molecule has 4 nitrogen and oxygen atoms in total. The highest BCUT2D eigenvalue weighted by atomic mass is 16.5. The minimum absolute atomic E-state index is 0.529. The van der Waals surface area contributed by atoms with E-state index in [1.807, 2.05) is 6.07 Å². The summed E-state index contributed by atoms with van der Waals surface area (Å²) in [6.07, 6.45) is 2.67. The molecule has 0 aliphatic rings. The SMILES string of the molecule is COc1cc(OCCCNC(C)C)ccn1. The number of hydrogen-bond donors (Lipinski definition) is 1. The van der Waals surface area contributed by atoms with Crippen molar-refractivity contribution in [3.05, 3.63) is 18.3 Å². The second kappa shape index (κ2) is 7.06. The Balaban J connectivity index is 2.21. The van der Waals surface area contributed by atoms with Gasteiger partial charge in [-0.05, 0) is 19.0 Å². The van der Waals surface area contributed by atoms with Crippen molar-refractivity contribution in [2.24, 2.45) is 0 Å². The summed E-state index contributed by atoms with van der Waals surface area (Å²) < 4.78 is 10.6. The maximum absolute atomic E-state index is 5.57. The predicted molar refractivity (Wildman–Crippen MR) is 64.0 cm³/mol. The maximum Gasteiger partial charge on any atom is 0.216 e. The minimum atomic E-state index is 0.529. The molecule has 1 rings (SSSR count). The van der Waals surface area contributed by atoms with E-state index < -0.39 is 0 Å². The Morgan fingerprint density at radius 3 is 2.94 bits per heavy atom. The Morgan fingerprint density at radius 2 is 2.25 bits per heavy atom. The van der Waals surface area contributed by atoms with Crippen LogP contribution in [0, 0.1) is 0 Å². The van der Waals surface area contributed by atoms with Crippen LogP contribution in [0.1, 0.15) is 20.3 Å². The fourth-order valence-corrected chi connectivity index (χ4v) is 1.25. The van der Waals surface area contributed by atoms with Gasteiger partial charge in [-0.25, -0.2) is 4.98 Å². The smallest absolute Gasteiger partial charge is 0.216 e. The lowest BCUT2D eigenvalue weighted by Crippen LogP contribution is -2.24. The summed E-state index contributed by atoms with van der Waals surface area (Å²) in [6, 6.07) is 4.15. The van der Waals surface area contributed by atoms with Crippen molar-refractivity contribution in [3.8, 4) is 11.6 Å². The van der Waals surface area contributed by atoms with Crippen LogP contribution in [-0.2, 0) is 0 Å². The molecular formula is C12H20N2O2. The summed E-state index contributed by atoms with van der Waals surface area (Å²) in [5.41, 5.74) is 0. The summed E-state index contributed by atoms with van der Waals surface area (Å²) in [7, 11) is 1.60. The second-order valence-corrected chi connectivity index (χ2v) is 3.84. The first-order valence-corrected chi connectivity index (χ1v) is 5.58. The summed E-state index contributed by atoms with van der Waals surface area (Å²) in [6.45, 7) is 5.94. The molecule has 0 saturated carbocycles. The van der Waals surface area contributed by atoms with Gasteiger partial charge in [0.2, 0.25) is 5.88 Å². The fraction of sp³-hybridized carbons (Fsp3) is 0.583. The highest BCUT2D eigenvalue weighted by Crippen LogP contribution is 2.15. The van der Waals surface area contributed by atoms with E-state index in [0.717, 1.165) is 18.7 Å². The first-order chi connectivity index (χ1) is 7.72. The van der Waals surface area contributed by atoms with Gasteiger partial charge in [-0.1, -0.05) is 13.8 Å². The number of aromatic nitrogens is 1. The highest BCUT2D eigenvalue weighted by molar-refractivity contribution is 5.25. The standard InChI is InChI=1S/C12H20N2O2/c1-10(2)13-6-4-8-16-11-5-7-14-12(9-11)15-3/h5,7,9-10,13H,4,6,8H2,1-3H3. The van der Waals surface area contributed by atoms with Crippen LogP contribution in [0.5, 0.6) is 11.6 Å². The van der Waals surface area contributed by atoms with Crippen LogP contribution in [0.3, 0.4) is 0 Å². The monoisotopic (exact) mass is 224 g/mol. The molecule has 0 saturated heterocycles. The summed E-state index contributed by atoms with van der Waals surface area (Å²) in [5, 5.41) is 3.34. The third-order valence-corrected chi connectivity index (χ3v) is 2.06. The molecule has 1 heterocycles. The van der Waals surface area contributed by atoms with E-state index >= 15 is 0 Å². The van der Waals surface area contributed by atoms with Crippen molar-refractivity contribution < 1.29 is 9.47 Å². The lowest BCUT2D eigenvalue weighted by Gasteiger charge is -2.09. The van der Waals surface area contributed by atoms with Crippen molar-refractivity contribution >= 4 is 0 Å². The Morgan fingerprint density at radius 1 is 1.44 bits per heavy atom. The topological polar surface area (TPSA) is 43.4 Å². The molecule has 0 aromatic carbocycles. The molecular weight excluding hydrogens is 204 g/mol. The average Bonchev–Trinajstić information content (AvgIpc) is 2.28. The first kappa shape index (κ1) is 12.8. The molecule has 0 radical (unpaired) electrons. The van der Waals surface area contributed by atoms with Crippen LogP contribution in [0.25, 0.3) is 0 Å². The lowest BCUT2D eigenvalue weighted by atomic mass is 10.3. The molecule has 1 N–H and O–H groups in total. The van der Waals surface area contributed by atoms with Crippen LogP contribution in [0.15, 0.2) is 18.3 Å². The number of methoxy groups -OCH3 is 1. The summed E-state index contributed by atoms with van der Waals surface area (Å²) in [5.74, 6) is 1.38. The van der Waals surface area contributed by atoms with E-state index in [-0.39, 0.29) is 0 Å². The third-order valence-electron chi connectivity index (χ3n) is 2.06. The molecule has 0 fully saturated rings. The molecule has 0 aliphatic carbocycles. The average molecular weight is 224 g/mol. The van der Waals surface area contributed by atoms with Crippen molar-refractivity contribution in [3.63, 3.8) is 0 Å². The van der Waals surface area contributed by atoms with Crippen LogP contribution in [-0.4, -0.2) is 31.3 Å². The van der Waals surface area contributed by atoms with Gasteiger partial charge in [0.15, 0.2) is 0 Å². The molecule has 1 aromatic heterocycles. The van der Waals surface area contributed by atoms with Crippen molar-refractivity contribution in [1.29, 1.82) is 0 Å². The largest absolute Gasteiger partial charge is 0.493 e. The first-order valence-electron chi connectivity index (χ1n) is 5.58. The van der Waals surface area contributed by atoms with Gasteiger partial charge >= 0.3 is 0 Å². The second-order valence-electron chi connectivity index (χ2n) is 3.84. The van der Waals surface area contributed by atoms with Crippen molar-refractivity contribution in [1.82, 2.24) is 10.3 Å². The molecule has 0 bridgehead atoms.